The van der Waals surface area contributed by atoms with Crippen molar-refractivity contribution in [3.8, 4) is 0 Å². The molecule has 1 aliphatic carbocycles. The second-order valence-corrected chi connectivity index (χ2v) is 7.15. The Kier molecular flexibility index (Phi) is 4.17. The minimum Gasteiger partial charge on any atom is -0.377 e. The summed E-state index contributed by atoms with van der Waals surface area (Å²) in [6.07, 6.45) is 5.10. The number of rotatable bonds is 5. The first-order valence-electron chi connectivity index (χ1n) is 7.50. The third kappa shape index (κ3) is 2.44. The van der Waals surface area contributed by atoms with Crippen molar-refractivity contribution >= 4 is 27.5 Å². The molecule has 0 radical (unpaired) electrons. The van der Waals surface area contributed by atoms with E-state index in [9.17, 15) is 0 Å². The Balaban J connectivity index is 1.91. The largest absolute Gasteiger partial charge is 0.377 e. The molecular formula is C15H22BrClN2O. The monoisotopic (exact) mass is 360 g/mol. The zero-order valence-corrected chi connectivity index (χ0v) is 14.5. The molecule has 2 fully saturated rings. The number of hydrogen-bond acceptors (Lipinski definition) is 2. The SMILES string of the molecule is CCn1nc(C)c(Cl)c1CC1(CBr)CCOC1C1CC1. The van der Waals surface area contributed by atoms with Crippen molar-refractivity contribution in [1.82, 2.24) is 9.78 Å². The Morgan fingerprint density at radius 3 is 2.85 bits per heavy atom. The molecule has 20 heavy (non-hydrogen) atoms. The standard InChI is InChI=1S/C15H22BrClN2O/c1-3-19-12(13(17)10(2)18-19)8-15(9-16)6-7-20-14(15)11-4-5-11/h11,14H,3-9H2,1-2H3. The van der Waals surface area contributed by atoms with E-state index in [0.717, 1.165) is 48.0 Å². The van der Waals surface area contributed by atoms with E-state index in [2.05, 4.69) is 32.6 Å². The molecule has 0 aromatic carbocycles. The van der Waals surface area contributed by atoms with Gasteiger partial charge in [0, 0.05) is 23.9 Å². The van der Waals surface area contributed by atoms with Crippen LogP contribution in [0.15, 0.2) is 0 Å². The normalized spacial score (nSPS) is 30.1. The van der Waals surface area contributed by atoms with Crippen LogP contribution < -0.4 is 0 Å². The number of nitrogens with zero attached hydrogens (tertiary/aromatic N) is 2. The van der Waals surface area contributed by atoms with E-state index < -0.39 is 0 Å². The van der Waals surface area contributed by atoms with Crippen LogP contribution in [0.25, 0.3) is 0 Å². The lowest BCUT2D eigenvalue weighted by atomic mass is 9.77. The Bertz CT molecular complexity index is 500. The van der Waals surface area contributed by atoms with Gasteiger partial charge < -0.3 is 4.74 Å². The fourth-order valence-electron chi connectivity index (χ4n) is 3.49. The summed E-state index contributed by atoms with van der Waals surface area (Å²) >= 11 is 10.2. The van der Waals surface area contributed by atoms with Crippen LogP contribution in [-0.4, -0.2) is 27.8 Å². The molecule has 0 spiro atoms. The Morgan fingerprint density at radius 2 is 2.25 bits per heavy atom. The molecule has 0 N–H and O–H groups in total. The fourth-order valence-corrected chi connectivity index (χ4v) is 4.49. The average Bonchev–Trinajstić information content (AvgIpc) is 3.16. The summed E-state index contributed by atoms with van der Waals surface area (Å²) in [5, 5.41) is 6.37. The van der Waals surface area contributed by atoms with Gasteiger partial charge in [-0.2, -0.15) is 5.10 Å². The Hall–Kier alpha value is -0.0600. The molecule has 2 heterocycles. The van der Waals surface area contributed by atoms with Gasteiger partial charge in [0.05, 0.1) is 22.5 Å². The van der Waals surface area contributed by atoms with Gasteiger partial charge in [0.25, 0.3) is 0 Å². The molecule has 3 nitrogen and oxygen atoms in total. The highest BCUT2D eigenvalue weighted by molar-refractivity contribution is 9.09. The minimum atomic E-state index is 0.185. The quantitative estimate of drug-likeness (QED) is 0.742. The molecule has 1 saturated carbocycles. The summed E-state index contributed by atoms with van der Waals surface area (Å²) < 4.78 is 8.13. The van der Waals surface area contributed by atoms with Crippen molar-refractivity contribution in [3.05, 3.63) is 16.4 Å². The van der Waals surface area contributed by atoms with E-state index in [1.807, 2.05) is 6.92 Å². The molecule has 2 aliphatic rings. The van der Waals surface area contributed by atoms with Crippen LogP contribution in [0.5, 0.6) is 0 Å². The topological polar surface area (TPSA) is 27.1 Å². The van der Waals surface area contributed by atoms with E-state index in [0.29, 0.717) is 6.10 Å². The third-order valence-corrected chi connectivity index (χ3v) is 6.40. The van der Waals surface area contributed by atoms with Crippen LogP contribution in [0.1, 0.15) is 37.6 Å². The Morgan fingerprint density at radius 1 is 1.50 bits per heavy atom. The molecule has 3 rings (SSSR count). The number of aromatic nitrogens is 2. The van der Waals surface area contributed by atoms with Crippen LogP contribution in [-0.2, 0) is 17.7 Å². The lowest BCUT2D eigenvalue weighted by Crippen LogP contribution is -2.37. The van der Waals surface area contributed by atoms with Crippen LogP contribution in [0.3, 0.4) is 0 Å². The summed E-state index contributed by atoms with van der Waals surface area (Å²) in [5.41, 5.74) is 2.31. The van der Waals surface area contributed by atoms with Crippen LogP contribution >= 0.6 is 27.5 Å². The zero-order valence-electron chi connectivity index (χ0n) is 12.2. The lowest BCUT2D eigenvalue weighted by molar-refractivity contribution is 0.0405. The molecule has 0 bridgehead atoms. The Labute approximate surface area is 134 Å². The molecular weight excluding hydrogens is 340 g/mol. The van der Waals surface area contributed by atoms with Crippen molar-refractivity contribution in [2.45, 2.75) is 52.2 Å². The summed E-state index contributed by atoms with van der Waals surface area (Å²) in [4.78, 5) is 0. The summed E-state index contributed by atoms with van der Waals surface area (Å²) in [7, 11) is 0. The van der Waals surface area contributed by atoms with Gasteiger partial charge >= 0.3 is 0 Å². The maximum Gasteiger partial charge on any atom is 0.0847 e. The van der Waals surface area contributed by atoms with E-state index in [4.69, 9.17) is 16.3 Å². The van der Waals surface area contributed by atoms with Gasteiger partial charge in [0.15, 0.2) is 0 Å². The first-order valence-corrected chi connectivity index (χ1v) is 9.00. The van der Waals surface area contributed by atoms with E-state index in [1.54, 1.807) is 0 Å². The van der Waals surface area contributed by atoms with Crippen molar-refractivity contribution in [1.29, 1.82) is 0 Å². The number of alkyl halides is 1. The van der Waals surface area contributed by atoms with Crippen molar-refractivity contribution in [3.63, 3.8) is 0 Å². The van der Waals surface area contributed by atoms with Crippen molar-refractivity contribution in [2.24, 2.45) is 11.3 Å². The van der Waals surface area contributed by atoms with Gasteiger partial charge in [-0.15, -0.1) is 0 Å². The summed E-state index contributed by atoms with van der Waals surface area (Å²) in [6, 6.07) is 0. The zero-order chi connectivity index (χ0) is 14.3. The molecule has 1 aromatic heterocycles. The predicted octanol–water partition coefficient (Wildman–Crippen LogP) is 3.99. The van der Waals surface area contributed by atoms with Crippen molar-refractivity contribution in [2.75, 3.05) is 11.9 Å². The highest BCUT2D eigenvalue weighted by Crippen LogP contribution is 2.50. The van der Waals surface area contributed by atoms with Crippen LogP contribution in [0.4, 0.5) is 0 Å². The van der Waals surface area contributed by atoms with Gasteiger partial charge in [-0.25, -0.2) is 0 Å². The first kappa shape index (κ1) is 14.9. The second kappa shape index (κ2) is 5.62. The number of aryl methyl sites for hydroxylation is 2. The number of hydrogen-bond donors (Lipinski definition) is 0. The maximum atomic E-state index is 6.49. The van der Waals surface area contributed by atoms with Crippen LogP contribution in [0, 0.1) is 18.3 Å². The van der Waals surface area contributed by atoms with Gasteiger partial charge in [0.1, 0.15) is 0 Å². The smallest absolute Gasteiger partial charge is 0.0847 e. The summed E-state index contributed by atoms with van der Waals surface area (Å²) in [5.74, 6) is 0.757. The predicted molar refractivity (Wildman–Crippen MR) is 84.7 cm³/mol. The molecule has 1 aliphatic heterocycles. The van der Waals surface area contributed by atoms with Crippen molar-refractivity contribution < 1.29 is 4.74 Å². The second-order valence-electron chi connectivity index (χ2n) is 6.21. The fraction of sp³-hybridized carbons (Fsp3) is 0.800. The van der Waals surface area contributed by atoms with Gasteiger partial charge in [-0.05, 0) is 45.4 Å². The molecule has 0 amide bonds. The average molecular weight is 362 g/mol. The molecule has 1 aromatic rings. The molecule has 1 saturated heterocycles. The van der Waals surface area contributed by atoms with E-state index >= 15 is 0 Å². The van der Waals surface area contributed by atoms with Gasteiger partial charge in [-0.1, -0.05) is 27.5 Å². The number of halogens is 2. The molecule has 2 atom stereocenters. The first-order chi connectivity index (χ1) is 9.61. The molecule has 5 heteroatoms. The molecule has 2 unspecified atom stereocenters. The van der Waals surface area contributed by atoms with Gasteiger partial charge in [-0.3, -0.25) is 4.68 Å². The van der Waals surface area contributed by atoms with Crippen LogP contribution in [0.2, 0.25) is 5.02 Å². The highest BCUT2D eigenvalue weighted by Gasteiger charge is 2.50. The maximum absolute atomic E-state index is 6.49. The van der Waals surface area contributed by atoms with Gasteiger partial charge in [0.2, 0.25) is 0 Å². The van der Waals surface area contributed by atoms with E-state index in [1.165, 1.54) is 18.5 Å². The van der Waals surface area contributed by atoms with E-state index in [-0.39, 0.29) is 5.41 Å². The highest BCUT2D eigenvalue weighted by atomic mass is 79.9. The molecule has 112 valence electrons. The minimum absolute atomic E-state index is 0.185. The third-order valence-electron chi connectivity index (χ3n) is 4.79. The summed E-state index contributed by atoms with van der Waals surface area (Å²) in [6.45, 7) is 5.86. The lowest BCUT2D eigenvalue weighted by Gasteiger charge is -2.33. The number of ether oxygens (including phenoxy) is 1.